The Hall–Kier alpha value is -1.44. The summed E-state index contributed by atoms with van der Waals surface area (Å²) in [6.07, 6.45) is 5.92. The summed E-state index contributed by atoms with van der Waals surface area (Å²) < 4.78 is 9.90. The van der Waals surface area contributed by atoms with Crippen LogP contribution in [-0.2, 0) is 14.1 Å². The topological polar surface area (TPSA) is 111 Å². The zero-order valence-corrected chi connectivity index (χ0v) is 16.4. The highest BCUT2D eigenvalue weighted by molar-refractivity contribution is 7.24. The number of carbonyl (C=O) groups excluding carboxylic acids is 1. The van der Waals surface area contributed by atoms with E-state index < -0.39 is 14.0 Å². The van der Waals surface area contributed by atoms with Crippen molar-refractivity contribution in [2.45, 2.75) is 19.8 Å². The molecule has 0 fully saturated rings. The van der Waals surface area contributed by atoms with Crippen molar-refractivity contribution in [3.8, 4) is 0 Å². The number of methoxy groups -OCH3 is 1. The second kappa shape index (κ2) is 15.8. The first kappa shape index (κ1) is 24.6. The van der Waals surface area contributed by atoms with Gasteiger partial charge in [0.05, 0.1) is 19.8 Å². The number of carbonyl (C=O) groups is 1. The number of hydrogen-bond donors (Lipinski definition) is 2. The Morgan fingerprint density at radius 3 is 2.81 bits per heavy atom. The minimum atomic E-state index is -0.556. The Morgan fingerprint density at radius 2 is 2.19 bits per heavy atom. The van der Waals surface area contributed by atoms with Gasteiger partial charge >= 0.3 is 0 Å². The Labute approximate surface area is 156 Å². The maximum absolute atomic E-state index is 11.8. The van der Waals surface area contributed by atoms with E-state index in [1.54, 1.807) is 13.2 Å². The number of nitrogens with zero attached hydrogens (tertiary/aromatic N) is 1. The highest BCUT2D eigenvalue weighted by Gasteiger charge is 2.06. The van der Waals surface area contributed by atoms with E-state index in [9.17, 15) is 14.9 Å². The molecule has 0 aromatic carbocycles. The van der Waals surface area contributed by atoms with Gasteiger partial charge in [0, 0.05) is 30.9 Å². The second-order valence-electron chi connectivity index (χ2n) is 5.75. The summed E-state index contributed by atoms with van der Waals surface area (Å²) in [5, 5.41) is 13.5. The van der Waals surface area contributed by atoms with E-state index in [1.807, 2.05) is 13.0 Å². The van der Waals surface area contributed by atoms with Gasteiger partial charge in [0.1, 0.15) is 5.78 Å². The van der Waals surface area contributed by atoms with Gasteiger partial charge < -0.3 is 19.5 Å². The van der Waals surface area contributed by atoms with Crippen LogP contribution < -0.4 is 5.32 Å². The van der Waals surface area contributed by atoms with Gasteiger partial charge in [0.25, 0.3) is 0 Å². The van der Waals surface area contributed by atoms with Gasteiger partial charge in [0.15, 0.2) is 9.03 Å². The van der Waals surface area contributed by atoms with Gasteiger partial charge in [-0.05, 0) is 23.6 Å². The molecule has 0 aliphatic rings. The van der Waals surface area contributed by atoms with E-state index in [4.69, 9.17) is 14.2 Å². The van der Waals surface area contributed by atoms with Gasteiger partial charge in [-0.1, -0.05) is 25.7 Å². The highest BCUT2D eigenvalue weighted by atomic mass is 31.1. The highest BCUT2D eigenvalue weighted by Crippen LogP contribution is 2.13. The third-order valence-electron chi connectivity index (χ3n) is 3.42. The zero-order chi connectivity index (χ0) is 19.8. The van der Waals surface area contributed by atoms with Crippen molar-refractivity contribution in [3.05, 3.63) is 46.1 Å². The molecule has 2 unspecified atom stereocenters. The molecular formula is C17H29N2O6P. The van der Waals surface area contributed by atoms with Crippen molar-refractivity contribution in [2.75, 3.05) is 40.0 Å². The molecule has 0 rings (SSSR count). The maximum Gasteiger partial charge on any atom is 0.222 e. The molecule has 0 bridgehead atoms. The van der Waals surface area contributed by atoms with Crippen molar-refractivity contribution in [2.24, 2.45) is 5.92 Å². The molecule has 0 aromatic rings. The third-order valence-corrected chi connectivity index (χ3v) is 3.76. The summed E-state index contributed by atoms with van der Waals surface area (Å²) >= 11 is 0. The minimum absolute atomic E-state index is 0.0371. The van der Waals surface area contributed by atoms with Gasteiger partial charge in [-0.25, -0.2) is 0 Å². The van der Waals surface area contributed by atoms with E-state index in [0.29, 0.717) is 32.6 Å². The first-order valence-corrected chi connectivity index (χ1v) is 9.16. The first-order chi connectivity index (χ1) is 12.4. The number of nitrogens with one attached hydrogen (secondary N) is 1. The molecule has 0 radical (unpaired) electrons. The predicted molar refractivity (Wildman–Crippen MR) is 103 cm³/mol. The minimum Gasteiger partial charge on any atom is -0.384 e. The largest absolute Gasteiger partial charge is 0.384 e. The standard InChI is InChI=1S/C17H29N2O6P/c1-14(15(2)13-24-3)10-16(6-4-8-19(21)22)11-18-12-17(20)7-5-9-25-26-23/h4,6,10,15,18,23,26H,1,5,7-9,11-13H2,2-3H3/b6-4-,16-10+. The summed E-state index contributed by atoms with van der Waals surface area (Å²) in [7, 11) is 1.06. The van der Waals surface area contributed by atoms with E-state index in [1.165, 1.54) is 6.08 Å². The Balaban J connectivity index is 4.56. The van der Waals surface area contributed by atoms with Crippen LogP contribution in [0, 0.1) is 16.0 Å². The molecule has 8 nitrogen and oxygen atoms in total. The zero-order valence-electron chi connectivity index (χ0n) is 15.4. The Kier molecular flexibility index (Phi) is 14.9. The van der Waals surface area contributed by atoms with Crippen LogP contribution in [0.5, 0.6) is 0 Å². The summed E-state index contributed by atoms with van der Waals surface area (Å²) in [5.41, 5.74) is 1.65. The molecular weight excluding hydrogens is 359 g/mol. The third kappa shape index (κ3) is 13.8. The quantitative estimate of drug-likeness (QED) is 0.137. The average Bonchev–Trinajstić information content (AvgIpc) is 2.58. The molecule has 0 heterocycles. The van der Waals surface area contributed by atoms with Crippen LogP contribution in [-0.4, -0.2) is 55.6 Å². The molecule has 9 heteroatoms. The molecule has 2 atom stereocenters. The maximum atomic E-state index is 11.8. The number of ketones is 1. The molecule has 0 spiro atoms. The van der Waals surface area contributed by atoms with E-state index in [-0.39, 0.29) is 24.8 Å². The summed E-state index contributed by atoms with van der Waals surface area (Å²) in [4.78, 5) is 30.3. The van der Waals surface area contributed by atoms with Crippen LogP contribution in [0.3, 0.4) is 0 Å². The lowest BCUT2D eigenvalue weighted by Gasteiger charge is -2.12. The lowest BCUT2D eigenvalue weighted by atomic mass is 10.0. The Bertz CT molecular complexity index is 507. The van der Waals surface area contributed by atoms with Crippen molar-refractivity contribution in [1.82, 2.24) is 5.32 Å². The first-order valence-electron chi connectivity index (χ1n) is 8.30. The summed E-state index contributed by atoms with van der Waals surface area (Å²) in [6.45, 7) is 7.20. The van der Waals surface area contributed by atoms with Gasteiger partial charge in [-0.2, -0.15) is 0 Å². The van der Waals surface area contributed by atoms with Crippen LogP contribution in [0.25, 0.3) is 0 Å². The fourth-order valence-corrected chi connectivity index (χ4v) is 2.24. The molecule has 148 valence electrons. The van der Waals surface area contributed by atoms with Crippen molar-refractivity contribution in [1.29, 1.82) is 0 Å². The number of allylic oxidation sites excluding steroid dienone is 1. The van der Waals surface area contributed by atoms with Gasteiger partial charge in [-0.15, -0.1) is 0 Å². The number of ether oxygens (including phenoxy) is 1. The summed E-state index contributed by atoms with van der Waals surface area (Å²) in [6, 6.07) is 0. The number of hydrogen-bond acceptors (Lipinski definition) is 7. The lowest BCUT2D eigenvalue weighted by Crippen LogP contribution is -2.25. The second-order valence-corrected chi connectivity index (χ2v) is 6.23. The smallest absolute Gasteiger partial charge is 0.222 e. The van der Waals surface area contributed by atoms with Crippen molar-refractivity contribution >= 4 is 14.8 Å². The SMILES string of the molecule is C=C(/C=C(\C=C/C[N+](=O)[O-])CNCC(=O)CCCOPO)C(C)COC. The van der Waals surface area contributed by atoms with Crippen LogP contribution >= 0.6 is 9.03 Å². The molecule has 0 aromatic heterocycles. The molecule has 0 saturated carbocycles. The molecule has 0 amide bonds. The van der Waals surface area contributed by atoms with Crippen LogP contribution in [0.15, 0.2) is 36.0 Å². The summed E-state index contributed by atoms with van der Waals surface area (Å²) in [5.74, 6) is 0.155. The van der Waals surface area contributed by atoms with Crippen LogP contribution in [0.1, 0.15) is 19.8 Å². The van der Waals surface area contributed by atoms with E-state index in [2.05, 4.69) is 11.9 Å². The fourth-order valence-electron chi connectivity index (χ4n) is 2.01. The van der Waals surface area contributed by atoms with E-state index >= 15 is 0 Å². The molecule has 0 saturated heterocycles. The Morgan fingerprint density at radius 1 is 1.46 bits per heavy atom. The molecule has 2 N–H and O–H groups in total. The van der Waals surface area contributed by atoms with Gasteiger partial charge in [-0.3, -0.25) is 14.9 Å². The van der Waals surface area contributed by atoms with E-state index in [0.717, 1.165) is 11.1 Å². The molecule has 26 heavy (non-hydrogen) atoms. The normalized spacial score (nSPS) is 13.6. The average molecular weight is 388 g/mol. The lowest BCUT2D eigenvalue weighted by molar-refractivity contribution is -0.468. The van der Waals surface area contributed by atoms with Gasteiger partial charge in [0.2, 0.25) is 6.54 Å². The number of nitro groups is 1. The number of Topliss-reactive ketones (excluding diaryl/α,β-unsaturated/α-hetero) is 1. The predicted octanol–water partition coefficient (Wildman–Crippen LogP) is 2.04. The monoisotopic (exact) mass is 388 g/mol. The molecule has 0 aliphatic heterocycles. The van der Waals surface area contributed by atoms with Crippen LogP contribution in [0.4, 0.5) is 0 Å². The fraction of sp³-hybridized carbons (Fsp3) is 0.588. The molecule has 0 aliphatic carbocycles. The number of rotatable bonds is 16. The van der Waals surface area contributed by atoms with Crippen LogP contribution in [0.2, 0.25) is 0 Å². The van der Waals surface area contributed by atoms with Crippen molar-refractivity contribution in [3.63, 3.8) is 0 Å². The van der Waals surface area contributed by atoms with Crippen molar-refractivity contribution < 1.29 is 23.9 Å².